The summed E-state index contributed by atoms with van der Waals surface area (Å²) in [5.41, 5.74) is 0.433. The Morgan fingerprint density at radius 1 is 1.50 bits per heavy atom. The SMILES string of the molecule is CS(=O)(=O)Nc1ccc(Cl)cc1C#N. The molecule has 0 aliphatic carbocycles. The van der Waals surface area contributed by atoms with E-state index in [0.29, 0.717) is 5.02 Å². The van der Waals surface area contributed by atoms with Gasteiger partial charge in [-0.05, 0) is 18.2 Å². The summed E-state index contributed by atoms with van der Waals surface area (Å²) in [6, 6.07) is 6.20. The van der Waals surface area contributed by atoms with E-state index in [-0.39, 0.29) is 11.3 Å². The fourth-order valence-electron chi connectivity index (χ4n) is 0.898. The van der Waals surface area contributed by atoms with Gasteiger partial charge in [-0.2, -0.15) is 5.26 Å². The van der Waals surface area contributed by atoms with Gasteiger partial charge < -0.3 is 0 Å². The highest BCUT2D eigenvalue weighted by Crippen LogP contribution is 2.20. The van der Waals surface area contributed by atoms with E-state index in [0.717, 1.165) is 6.26 Å². The lowest BCUT2D eigenvalue weighted by Crippen LogP contribution is -2.10. The fraction of sp³-hybridized carbons (Fsp3) is 0.125. The first-order chi connectivity index (χ1) is 6.42. The van der Waals surface area contributed by atoms with Crippen LogP contribution in [0.5, 0.6) is 0 Å². The standard InChI is InChI=1S/C8H7ClN2O2S/c1-14(12,13)11-8-3-2-7(9)4-6(8)5-10/h2-4,11H,1H3. The Balaban J connectivity index is 3.17. The van der Waals surface area contributed by atoms with Crippen LogP contribution in [0.15, 0.2) is 18.2 Å². The highest BCUT2D eigenvalue weighted by atomic mass is 35.5. The molecule has 4 nitrogen and oxygen atoms in total. The Bertz CT molecular complexity index is 491. The summed E-state index contributed by atoms with van der Waals surface area (Å²) in [4.78, 5) is 0. The van der Waals surface area contributed by atoms with Crippen molar-refractivity contribution < 1.29 is 8.42 Å². The predicted octanol–water partition coefficient (Wildman–Crippen LogP) is 1.58. The first-order valence-electron chi connectivity index (χ1n) is 3.60. The summed E-state index contributed by atoms with van der Waals surface area (Å²) in [6.45, 7) is 0. The van der Waals surface area contributed by atoms with E-state index in [4.69, 9.17) is 16.9 Å². The molecule has 0 aromatic heterocycles. The van der Waals surface area contributed by atoms with Gasteiger partial charge >= 0.3 is 0 Å². The van der Waals surface area contributed by atoms with Crippen molar-refractivity contribution in [2.45, 2.75) is 0 Å². The highest BCUT2D eigenvalue weighted by molar-refractivity contribution is 7.92. The number of benzene rings is 1. The Hall–Kier alpha value is -1.25. The number of anilines is 1. The van der Waals surface area contributed by atoms with Crippen LogP contribution in [0.2, 0.25) is 5.02 Å². The molecule has 0 amide bonds. The van der Waals surface area contributed by atoms with Crippen LogP contribution in [0, 0.1) is 11.3 Å². The van der Waals surface area contributed by atoms with Crippen LogP contribution in [0.1, 0.15) is 5.56 Å². The molecule has 1 rings (SSSR count). The minimum atomic E-state index is -3.37. The molecule has 0 fully saturated rings. The van der Waals surface area contributed by atoms with Gasteiger partial charge in [0.25, 0.3) is 0 Å². The number of hydrogen-bond acceptors (Lipinski definition) is 3. The van der Waals surface area contributed by atoms with E-state index in [1.54, 1.807) is 0 Å². The number of nitrogens with zero attached hydrogens (tertiary/aromatic N) is 1. The molecular weight excluding hydrogens is 224 g/mol. The molecule has 74 valence electrons. The van der Waals surface area contributed by atoms with Crippen LogP contribution in [0.3, 0.4) is 0 Å². The van der Waals surface area contributed by atoms with Gasteiger partial charge in [-0.3, -0.25) is 4.72 Å². The Morgan fingerprint density at radius 2 is 2.14 bits per heavy atom. The molecule has 1 aromatic rings. The van der Waals surface area contributed by atoms with Crippen LogP contribution in [-0.4, -0.2) is 14.7 Å². The van der Waals surface area contributed by atoms with Crippen molar-refractivity contribution >= 4 is 27.3 Å². The molecule has 6 heteroatoms. The molecule has 14 heavy (non-hydrogen) atoms. The van der Waals surface area contributed by atoms with Gasteiger partial charge in [0.1, 0.15) is 6.07 Å². The van der Waals surface area contributed by atoms with Gasteiger partial charge in [-0.15, -0.1) is 0 Å². The van der Waals surface area contributed by atoms with Crippen LogP contribution in [0.25, 0.3) is 0 Å². The number of sulfonamides is 1. The zero-order valence-electron chi connectivity index (χ0n) is 7.28. The third kappa shape index (κ3) is 2.91. The zero-order valence-corrected chi connectivity index (χ0v) is 8.85. The smallest absolute Gasteiger partial charge is 0.229 e. The van der Waals surface area contributed by atoms with Crippen molar-refractivity contribution in [3.63, 3.8) is 0 Å². The quantitative estimate of drug-likeness (QED) is 0.839. The van der Waals surface area contributed by atoms with E-state index in [2.05, 4.69) is 4.72 Å². The summed E-state index contributed by atoms with van der Waals surface area (Å²) < 4.78 is 24.0. The lowest BCUT2D eigenvalue weighted by Gasteiger charge is -2.05. The molecule has 0 bridgehead atoms. The van der Waals surface area contributed by atoms with E-state index >= 15 is 0 Å². The van der Waals surface area contributed by atoms with Crippen molar-refractivity contribution in [3.05, 3.63) is 28.8 Å². The van der Waals surface area contributed by atoms with Gasteiger partial charge in [-0.25, -0.2) is 8.42 Å². The Morgan fingerprint density at radius 3 is 2.64 bits per heavy atom. The summed E-state index contributed by atoms with van der Waals surface area (Å²) in [7, 11) is -3.37. The largest absolute Gasteiger partial charge is 0.282 e. The zero-order chi connectivity index (χ0) is 10.8. The van der Waals surface area contributed by atoms with E-state index < -0.39 is 10.0 Å². The molecule has 0 atom stereocenters. The summed E-state index contributed by atoms with van der Waals surface area (Å²) in [5, 5.41) is 9.09. The molecule has 0 spiro atoms. The van der Waals surface area contributed by atoms with Crippen molar-refractivity contribution in [3.8, 4) is 6.07 Å². The maximum absolute atomic E-state index is 10.9. The first-order valence-corrected chi connectivity index (χ1v) is 5.87. The van der Waals surface area contributed by atoms with Crippen LogP contribution >= 0.6 is 11.6 Å². The highest BCUT2D eigenvalue weighted by Gasteiger charge is 2.07. The topological polar surface area (TPSA) is 70.0 Å². The van der Waals surface area contributed by atoms with Gasteiger partial charge in [-0.1, -0.05) is 11.6 Å². The summed E-state index contributed by atoms with van der Waals surface area (Å²) in [6.07, 6.45) is 1.02. The fourth-order valence-corrected chi connectivity index (χ4v) is 1.65. The molecule has 1 N–H and O–H groups in total. The van der Waals surface area contributed by atoms with E-state index in [1.165, 1.54) is 18.2 Å². The second kappa shape index (κ2) is 3.86. The van der Waals surface area contributed by atoms with Crippen molar-refractivity contribution in [1.82, 2.24) is 0 Å². The molecule has 0 unspecified atom stereocenters. The molecule has 0 aliphatic heterocycles. The monoisotopic (exact) mass is 230 g/mol. The number of halogens is 1. The maximum Gasteiger partial charge on any atom is 0.229 e. The van der Waals surface area contributed by atoms with Gasteiger partial charge in [0.05, 0.1) is 17.5 Å². The van der Waals surface area contributed by atoms with Gasteiger partial charge in [0.2, 0.25) is 10.0 Å². The minimum absolute atomic E-state index is 0.197. The molecule has 0 aliphatic rings. The third-order valence-corrected chi connectivity index (χ3v) is 2.22. The number of nitriles is 1. The Labute approximate surface area is 87.2 Å². The second-order valence-corrected chi connectivity index (χ2v) is 4.86. The number of hydrogen-bond donors (Lipinski definition) is 1. The molecular formula is C8H7ClN2O2S. The number of rotatable bonds is 2. The van der Waals surface area contributed by atoms with E-state index in [1.807, 2.05) is 6.07 Å². The average Bonchev–Trinajstić information content (AvgIpc) is 2.06. The van der Waals surface area contributed by atoms with Gasteiger partial charge in [0, 0.05) is 5.02 Å². The molecule has 1 aromatic carbocycles. The second-order valence-electron chi connectivity index (χ2n) is 2.68. The van der Waals surface area contributed by atoms with Crippen LogP contribution < -0.4 is 4.72 Å². The predicted molar refractivity (Wildman–Crippen MR) is 54.6 cm³/mol. The Kier molecular flexibility index (Phi) is 2.99. The van der Waals surface area contributed by atoms with Crippen LogP contribution in [-0.2, 0) is 10.0 Å². The molecule has 0 saturated heterocycles. The lowest BCUT2D eigenvalue weighted by atomic mass is 10.2. The van der Waals surface area contributed by atoms with E-state index in [9.17, 15) is 8.42 Å². The van der Waals surface area contributed by atoms with Crippen molar-refractivity contribution in [2.24, 2.45) is 0 Å². The summed E-state index contributed by atoms with van der Waals surface area (Å²) in [5.74, 6) is 0. The summed E-state index contributed by atoms with van der Waals surface area (Å²) >= 11 is 5.64. The number of nitrogens with one attached hydrogen (secondary N) is 1. The molecule has 0 saturated carbocycles. The third-order valence-electron chi connectivity index (χ3n) is 1.40. The minimum Gasteiger partial charge on any atom is -0.282 e. The molecule has 0 radical (unpaired) electrons. The molecule has 0 heterocycles. The van der Waals surface area contributed by atoms with Crippen LogP contribution in [0.4, 0.5) is 5.69 Å². The van der Waals surface area contributed by atoms with Gasteiger partial charge in [0.15, 0.2) is 0 Å². The van der Waals surface area contributed by atoms with Crippen molar-refractivity contribution in [1.29, 1.82) is 5.26 Å². The maximum atomic E-state index is 10.9. The lowest BCUT2D eigenvalue weighted by molar-refractivity contribution is 0.607. The average molecular weight is 231 g/mol. The van der Waals surface area contributed by atoms with Crippen molar-refractivity contribution in [2.75, 3.05) is 11.0 Å². The first kappa shape index (κ1) is 10.8. The normalized spacial score (nSPS) is 10.6.